The number of ether oxygens (including phenoxy) is 1. The molecule has 1 heterocycles. The van der Waals surface area contributed by atoms with Gasteiger partial charge >= 0.3 is 0 Å². The van der Waals surface area contributed by atoms with Gasteiger partial charge in [-0.1, -0.05) is 6.07 Å². The highest BCUT2D eigenvalue weighted by Gasteiger charge is 2.07. The molecule has 104 valence electrons. The first-order chi connectivity index (χ1) is 9.58. The Bertz CT molecular complexity index is 632. The Morgan fingerprint density at radius 2 is 2.20 bits per heavy atom. The molecule has 0 spiro atoms. The van der Waals surface area contributed by atoms with Gasteiger partial charge in [0.25, 0.3) is 5.69 Å². The van der Waals surface area contributed by atoms with Gasteiger partial charge in [0, 0.05) is 17.8 Å². The van der Waals surface area contributed by atoms with Crippen LogP contribution in [0.1, 0.15) is 11.5 Å². The summed E-state index contributed by atoms with van der Waals surface area (Å²) in [6.07, 6.45) is 0. The van der Waals surface area contributed by atoms with Crippen LogP contribution in [-0.4, -0.2) is 14.9 Å². The van der Waals surface area contributed by atoms with Crippen molar-refractivity contribution in [2.24, 2.45) is 5.84 Å². The highest BCUT2D eigenvalue weighted by atomic mass is 16.6. The van der Waals surface area contributed by atoms with Crippen molar-refractivity contribution in [1.82, 2.24) is 9.97 Å². The van der Waals surface area contributed by atoms with E-state index in [2.05, 4.69) is 15.4 Å². The van der Waals surface area contributed by atoms with Crippen LogP contribution in [0.5, 0.6) is 5.75 Å². The third-order valence-corrected chi connectivity index (χ3v) is 2.44. The van der Waals surface area contributed by atoms with Crippen molar-refractivity contribution >= 4 is 11.5 Å². The predicted molar refractivity (Wildman–Crippen MR) is 72.0 cm³/mol. The molecular weight excluding hydrogens is 262 g/mol. The summed E-state index contributed by atoms with van der Waals surface area (Å²) in [6.45, 7) is 1.90. The number of nitro benzene ring substituents is 1. The predicted octanol–water partition coefficient (Wildman–Crippen LogP) is 1.56. The number of nitro groups is 1. The molecule has 0 saturated heterocycles. The minimum Gasteiger partial charge on any atom is -0.485 e. The van der Waals surface area contributed by atoms with Gasteiger partial charge in [-0.05, 0) is 13.0 Å². The van der Waals surface area contributed by atoms with Crippen LogP contribution in [0, 0.1) is 17.0 Å². The highest BCUT2D eigenvalue weighted by Crippen LogP contribution is 2.19. The molecular formula is C12H13N5O3. The van der Waals surface area contributed by atoms with E-state index in [0.717, 1.165) is 5.69 Å². The standard InChI is InChI=1S/C12H13N5O3/c1-8-5-11(16-13)15-12(14-8)7-20-10-4-2-3-9(6-10)17(18)19/h2-6H,7,13H2,1H3,(H,14,15,16). The molecule has 8 heteroatoms. The van der Waals surface area contributed by atoms with Gasteiger partial charge in [0.15, 0.2) is 5.82 Å². The molecule has 0 saturated carbocycles. The smallest absolute Gasteiger partial charge is 0.273 e. The maximum atomic E-state index is 10.7. The van der Waals surface area contributed by atoms with E-state index in [4.69, 9.17) is 10.6 Å². The molecule has 0 aliphatic rings. The number of rotatable bonds is 5. The van der Waals surface area contributed by atoms with Gasteiger partial charge in [-0.15, -0.1) is 0 Å². The second-order valence-electron chi connectivity index (χ2n) is 4.00. The molecule has 0 aliphatic heterocycles. The summed E-state index contributed by atoms with van der Waals surface area (Å²) in [7, 11) is 0. The van der Waals surface area contributed by atoms with Crippen LogP contribution in [-0.2, 0) is 6.61 Å². The number of nitrogens with two attached hydrogens (primary N) is 1. The van der Waals surface area contributed by atoms with Crippen molar-refractivity contribution in [2.45, 2.75) is 13.5 Å². The van der Waals surface area contributed by atoms with Gasteiger partial charge in [0.2, 0.25) is 0 Å². The Hall–Kier alpha value is -2.74. The summed E-state index contributed by atoms with van der Waals surface area (Å²) < 4.78 is 5.44. The fourth-order valence-electron chi connectivity index (χ4n) is 1.60. The first-order valence-electron chi connectivity index (χ1n) is 5.77. The number of non-ortho nitro benzene ring substituents is 1. The Kier molecular flexibility index (Phi) is 4.06. The van der Waals surface area contributed by atoms with Crippen molar-refractivity contribution in [3.8, 4) is 5.75 Å². The molecule has 2 rings (SSSR count). The van der Waals surface area contributed by atoms with E-state index in [1.807, 2.05) is 0 Å². The SMILES string of the molecule is Cc1cc(NN)nc(COc2cccc([N+](=O)[O-])c2)n1. The van der Waals surface area contributed by atoms with Crippen LogP contribution >= 0.6 is 0 Å². The molecule has 0 fully saturated rings. The zero-order valence-corrected chi connectivity index (χ0v) is 10.7. The third-order valence-electron chi connectivity index (χ3n) is 2.44. The van der Waals surface area contributed by atoms with Crippen LogP contribution in [0.15, 0.2) is 30.3 Å². The molecule has 0 amide bonds. The summed E-state index contributed by atoms with van der Waals surface area (Å²) in [4.78, 5) is 18.5. The first kappa shape index (κ1) is 13.7. The summed E-state index contributed by atoms with van der Waals surface area (Å²) in [5, 5.41) is 10.7. The molecule has 1 aromatic carbocycles. The first-order valence-corrected chi connectivity index (χ1v) is 5.77. The molecule has 8 nitrogen and oxygen atoms in total. The number of nitrogen functional groups attached to an aromatic ring is 1. The third kappa shape index (κ3) is 3.39. The molecule has 0 aliphatic carbocycles. The Morgan fingerprint density at radius 3 is 2.90 bits per heavy atom. The average Bonchev–Trinajstić information content (AvgIpc) is 2.44. The number of aryl methyl sites for hydroxylation is 1. The molecule has 0 unspecified atom stereocenters. The Labute approximate surface area is 114 Å². The normalized spacial score (nSPS) is 10.1. The lowest BCUT2D eigenvalue weighted by Gasteiger charge is -2.07. The lowest BCUT2D eigenvalue weighted by Crippen LogP contribution is -2.12. The number of aromatic nitrogens is 2. The average molecular weight is 275 g/mol. The molecule has 0 radical (unpaired) electrons. The summed E-state index contributed by atoms with van der Waals surface area (Å²) in [5.74, 6) is 6.59. The summed E-state index contributed by atoms with van der Waals surface area (Å²) in [5.41, 5.74) is 3.15. The van der Waals surface area contributed by atoms with Crippen molar-refractivity contribution in [1.29, 1.82) is 0 Å². The van der Waals surface area contributed by atoms with Crippen LogP contribution in [0.4, 0.5) is 11.5 Å². The maximum absolute atomic E-state index is 10.7. The number of nitrogens with zero attached hydrogens (tertiary/aromatic N) is 3. The van der Waals surface area contributed by atoms with Crippen molar-refractivity contribution in [2.75, 3.05) is 5.43 Å². The fourth-order valence-corrected chi connectivity index (χ4v) is 1.60. The van der Waals surface area contributed by atoms with Crippen LogP contribution in [0.2, 0.25) is 0 Å². The molecule has 2 aromatic rings. The Balaban J connectivity index is 2.10. The molecule has 0 bridgehead atoms. The largest absolute Gasteiger partial charge is 0.485 e. The van der Waals surface area contributed by atoms with Crippen molar-refractivity contribution < 1.29 is 9.66 Å². The molecule has 3 N–H and O–H groups in total. The van der Waals surface area contributed by atoms with E-state index in [-0.39, 0.29) is 12.3 Å². The van der Waals surface area contributed by atoms with E-state index in [1.54, 1.807) is 25.1 Å². The minimum absolute atomic E-state index is 0.0306. The minimum atomic E-state index is -0.480. The second-order valence-corrected chi connectivity index (χ2v) is 4.00. The number of hydrazine groups is 1. The van der Waals surface area contributed by atoms with E-state index >= 15 is 0 Å². The Morgan fingerprint density at radius 1 is 1.40 bits per heavy atom. The van der Waals surface area contributed by atoms with Gasteiger partial charge in [0.1, 0.15) is 18.2 Å². The van der Waals surface area contributed by atoms with E-state index in [9.17, 15) is 10.1 Å². The topological polar surface area (TPSA) is 116 Å². The van der Waals surface area contributed by atoms with Crippen molar-refractivity contribution in [3.63, 3.8) is 0 Å². The molecule has 20 heavy (non-hydrogen) atoms. The van der Waals surface area contributed by atoms with E-state index in [0.29, 0.717) is 17.4 Å². The highest BCUT2D eigenvalue weighted by molar-refractivity contribution is 5.38. The maximum Gasteiger partial charge on any atom is 0.273 e. The lowest BCUT2D eigenvalue weighted by atomic mass is 10.3. The summed E-state index contributed by atoms with van der Waals surface area (Å²) in [6, 6.07) is 7.61. The van der Waals surface area contributed by atoms with Gasteiger partial charge in [0.05, 0.1) is 11.0 Å². The quantitative estimate of drug-likeness (QED) is 0.483. The molecule has 1 aromatic heterocycles. The monoisotopic (exact) mass is 275 g/mol. The number of hydrogen-bond donors (Lipinski definition) is 2. The summed E-state index contributed by atoms with van der Waals surface area (Å²) >= 11 is 0. The van der Waals surface area contributed by atoms with Gasteiger partial charge in [-0.2, -0.15) is 0 Å². The molecule has 0 atom stereocenters. The number of nitrogens with one attached hydrogen (secondary N) is 1. The van der Waals surface area contributed by atoms with E-state index < -0.39 is 4.92 Å². The van der Waals surface area contributed by atoms with Crippen molar-refractivity contribution in [3.05, 3.63) is 52.0 Å². The van der Waals surface area contributed by atoms with Gasteiger partial charge in [-0.25, -0.2) is 15.8 Å². The zero-order valence-electron chi connectivity index (χ0n) is 10.7. The van der Waals surface area contributed by atoms with Gasteiger partial charge in [-0.3, -0.25) is 10.1 Å². The van der Waals surface area contributed by atoms with Gasteiger partial charge < -0.3 is 10.2 Å². The van der Waals surface area contributed by atoms with Crippen LogP contribution < -0.4 is 16.0 Å². The fraction of sp³-hybridized carbons (Fsp3) is 0.167. The van der Waals surface area contributed by atoms with Crippen LogP contribution in [0.3, 0.4) is 0 Å². The zero-order chi connectivity index (χ0) is 14.5. The lowest BCUT2D eigenvalue weighted by molar-refractivity contribution is -0.384. The number of benzene rings is 1. The van der Waals surface area contributed by atoms with E-state index in [1.165, 1.54) is 12.1 Å². The van der Waals surface area contributed by atoms with Crippen LogP contribution in [0.25, 0.3) is 0 Å². The number of anilines is 1. The number of hydrogen-bond acceptors (Lipinski definition) is 7. The second kappa shape index (κ2) is 5.93.